The number of Topliss-reactive ketones (excluding diaryl/α,β-unsaturated/α-hetero) is 4. The monoisotopic (exact) mass is 512 g/mol. The summed E-state index contributed by atoms with van der Waals surface area (Å²) in [5.41, 5.74) is 3.69. The third kappa shape index (κ3) is 3.88. The molecule has 2 saturated carbocycles. The van der Waals surface area contributed by atoms with Crippen LogP contribution in [-0.4, -0.2) is 82.0 Å². The van der Waals surface area contributed by atoms with Gasteiger partial charge >= 0.3 is 0 Å². The van der Waals surface area contributed by atoms with Gasteiger partial charge < -0.3 is 25.6 Å². The Kier molecular flexibility index (Phi) is 6.23. The van der Waals surface area contributed by atoms with Crippen LogP contribution in [0.5, 0.6) is 5.75 Å². The van der Waals surface area contributed by atoms with Crippen molar-refractivity contribution in [2.75, 3.05) is 26.3 Å². The zero-order valence-corrected chi connectivity index (χ0v) is 20.1. The van der Waals surface area contributed by atoms with Gasteiger partial charge in [0.25, 0.3) is 0 Å². The minimum atomic E-state index is -2.67. The van der Waals surface area contributed by atoms with E-state index in [9.17, 15) is 39.0 Å². The molecule has 1 aliphatic heterocycles. The van der Waals surface area contributed by atoms with Gasteiger partial charge in [-0.2, -0.15) is 0 Å². The molecule has 11 heteroatoms. The number of benzene rings is 1. The summed E-state index contributed by atoms with van der Waals surface area (Å²) >= 11 is 0. The Bertz CT molecular complexity index is 1230. The van der Waals surface area contributed by atoms with Crippen molar-refractivity contribution in [3.8, 4) is 5.75 Å². The predicted octanol–water partition coefficient (Wildman–Crippen LogP) is -0.882. The number of aryl methyl sites for hydroxylation is 1. The molecule has 2 unspecified atom stereocenters. The molecule has 0 bridgehead atoms. The van der Waals surface area contributed by atoms with Gasteiger partial charge in [-0.1, -0.05) is 6.07 Å². The summed E-state index contributed by atoms with van der Waals surface area (Å²) < 4.78 is 5.28. The van der Waals surface area contributed by atoms with Crippen molar-refractivity contribution >= 4 is 34.9 Å². The standard InChI is InChI=1S/C26H28N2O9/c27-25(35)21-17(30)11-14-9-13-10-15-12(2-4-18(31)28-5-7-37-8-6-28)1-3-16(29)20(15)22(32)19(13)23(33)26(14,36)24(21)34/h1,3,13-14,19,21,29,36H,2,4-11H2,(H2,27,35)/t13-,14+,19?,21?,26+/m1/s1. The number of aliphatic hydroxyl groups is 1. The van der Waals surface area contributed by atoms with Crippen LogP contribution in [-0.2, 0) is 41.6 Å². The van der Waals surface area contributed by atoms with Gasteiger partial charge in [0.2, 0.25) is 11.8 Å². The summed E-state index contributed by atoms with van der Waals surface area (Å²) in [5, 5.41) is 21.8. The van der Waals surface area contributed by atoms with E-state index in [2.05, 4.69) is 0 Å². The summed E-state index contributed by atoms with van der Waals surface area (Å²) in [6, 6.07) is 2.99. The maximum atomic E-state index is 13.6. The fourth-order valence-corrected chi connectivity index (χ4v) is 6.48. The minimum Gasteiger partial charge on any atom is -0.507 e. The molecule has 1 saturated heterocycles. The van der Waals surface area contributed by atoms with E-state index in [1.165, 1.54) is 6.07 Å². The topological polar surface area (TPSA) is 181 Å². The summed E-state index contributed by atoms with van der Waals surface area (Å²) in [7, 11) is 0. The van der Waals surface area contributed by atoms with E-state index in [1.807, 2.05) is 0 Å². The number of carbonyl (C=O) groups is 6. The zero-order chi connectivity index (χ0) is 26.6. The van der Waals surface area contributed by atoms with Gasteiger partial charge in [0, 0.05) is 31.8 Å². The first-order valence-corrected chi connectivity index (χ1v) is 12.4. The van der Waals surface area contributed by atoms with Gasteiger partial charge in [-0.25, -0.2) is 0 Å². The van der Waals surface area contributed by atoms with Crippen molar-refractivity contribution in [1.82, 2.24) is 4.90 Å². The van der Waals surface area contributed by atoms with E-state index in [4.69, 9.17) is 10.5 Å². The molecule has 1 aromatic rings. The minimum absolute atomic E-state index is 0.0306. The molecular formula is C26H28N2O9. The number of aromatic hydroxyl groups is 1. The number of hydrogen-bond acceptors (Lipinski definition) is 9. The SMILES string of the molecule is NC(=O)C1C(=O)C[C@@H]2C[C@@H]3Cc4c(CCC(=O)N5CCOCC5)ccc(O)c4C(=O)C3C(=O)[C@]2(O)C1=O. The summed E-state index contributed by atoms with van der Waals surface area (Å²) in [6.45, 7) is 1.97. The van der Waals surface area contributed by atoms with Crippen molar-refractivity contribution in [1.29, 1.82) is 0 Å². The lowest BCUT2D eigenvalue weighted by molar-refractivity contribution is -0.175. The van der Waals surface area contributed by atoms with Crippen LogP contribution in [0.15, 0.2) is 12.1 Å². The molecule has 0 aromatic heterocycles. The Morgan fingerprint density at radius 3 is 2.46 bits per heavy atom. The van der Waals surface area contributed by atoms with Crippen LogP contribution in [0.3, 0.4) is 0 Å². The lowest BCUT2D eigenvalue weighted by Crippen LogP contribution is -2.68. The number of ketones is 4. The number of amides is 2. The molecular weight excluding hydrogens is 484 g/mol. The molecule has 1 aromatic carbocycles. The molecule has 11 nitrogen and oxygen atoms in total. The fourth-order valence-electron chi connectivity index (χ4n) is 6.48. The normalized spacial score (nSPS) is 31.4. The first kappa shape index (κ1) is 25.2. The van der Waals surface area contributed by atoms with Gasteiger partial charge in [0.15, 0.2) is 34.7 Å². The van der Waals surface area contributed by atoms with Crippen molar-refractivity contribution in [2.24, 2.45) is 29.4 Å². The first-order chi connectivity index (χ1) is 17.6. The van der Waals surface area contributed by atoms with E-state index < -0.39 is 58.3 Å². The number of phenolic OH excluding ortho intramolecular Hbond substituents is 1. The van der Waals surface area contributed by atoms with E-state index in [1.54, 1.807) is 11.0 Å². The highest BCUT2D eigenvalue weighted by atomic mass is 16.5. The molecule has 0 radical (unpaired) electrons. The van der Waals surface area contributed by atoms with Crippen molar-refractivity contribution in [2.45, 2.75) is 37.7 Å². The van der Waals surface area contributed by atoms with Crippen LogP contribution < -0.4 is 5.73 Å². The molecule has 4 N–H and O–H groups in total. The second-order valence-electron chi connectivity index (χ2n) is 10.3. The number of carbonyl (C=O) groups excluding carboxylic acids is 6. The smallest absolute Gasteiger partial charge is 0.235 e. The highest BCUT2D eigenvalue weighted by Crippen LogP contribution is 2.50. The van der Waals surface area contributed by atoms with Crippen LogP contribution in [0.25, 0.3) is 0 Å². The number of rotatable bonds is 4. The number of phenols is 1. The predicted molar refractivity (Wildman–Crippen MR) is 124 cm³/mol. The highest BCUT2D eigenvalue weighted by molar-refractivity contribution is 6.31. The number of fused-ring (bicyclic) bond motifs is 3. The number of hydrogen-bond donors (Lipinski definition) is 3. The number of primary amides is 1. The van der Waals surface area contributed by atoms with Gasteiger partial charge in [-0.05, 0) is 42.4 Å². The highest BCUT2D eigenvalue weighted by Gasteiger charge is 2.66. The lowest BCUT2D eigenvalue weighted by atomic mass is 9.53. The van der Waals surface area contributed by atoms with E-state index in [0.717, 1.165) is 0 Å². The van der Waals surface area contributed by atoms with E-state index >= 15 is 0 Å². The average molecular weight is 513 g/mol. The molecule has 5 atom stereocenters. The maximum absolute atomic E-state index is 13.6. The number of nitrogens with zero attached hydrogens (tertiary/aromatic N) is 1. The molecule has 1 heterocycles. The quantitative estimate of drug-likeness (QED) is 0.431. The largest absolute Gasteiger partial charge is 0.507 e. The Morgan fingerprint density at radius 2 is 1.78 bits per heavy atom. The van der Waals surface area contributed by atoms with Gasteiger partial charge in [-0.3, -0.25) is 28.8 Å². The Balaban J connectivity index is 1.45. The number of morpholine rings is 1. The number of ether oxygens (including phenoxy) is 1. The third-order valence-electron chi connectivity index (χ3n) is 8.35. The zero-order valence-electron chi connectivity index (χ0n) is 20.1. The lowest BCUT2D eigenvalue weighted by Gasteiger charge is -2.48. The van der Waals surface area contributed by atoms with Crippen LogP contribution in [0, 0.1) is 23.7 Å². The first-order valence-electron chi connectivity index (χ1n) is 12.4. The fraction of sp³-hybridized carbons (Fsp3) is 0.538. The molecule has 4 aliphatic rings. The second kappa shape index (κ2) is 9.14. The Morgan fingerprint density at radius 1 is 1.08 bits per heavy atom. The summed E-state index contributed by atoms with van der Waals surface area (Å²) in [4.78, 5) is 78.6. The Labute approximate surface area is 211 Å². The molecule has 2 amide bonds. The van der Waals surface area contributed by atoms with Crippen LogP contribution in [0.4, 0.5) is 0 Å². The van der Waals surface area contributed by atoms with Crippen molar-refractivity contribution in [3.63, 3.8) is 0 Å². The van der Waals surface area contributed by atoms with Crippen molar-refractivity contribution < 1.29 is 43.7 Å². The van der Waals surface area contributed by atoms with Crippen LogP contribution in [0.2, 0.25) is 0 Å². The summed E-state index contributed by atoms with van der Waals surface area (Å²) in [6.07, 6.45) is 0.358. The molecule has 3 aliphatic carbocycles. The van der Waals surface area contributed by atoms with Gasteiger partial charge in [0.05, 0.1) is 24.7 Å². The summed E-state index contributed by atoms with van der Waals surface area (Å²) in [5.74, 6) is -10.5. The molecule has 196 valence electrons. The van der Waals surface area contributed by atoms with Gasteiger partial charge in [-0.15, -0.1) is 0 Å². The average Bonchev–Trinajstić information content (AvgIpc) is 2.86. The Hall–Kier alpha value is -3.44. The number of nitrogens with two attached hydrogens (primary N) is 1. The van der Waals surface area contributed by atoms with E-state index in [0.29, 0.717) is 43.9 Å². The van der Waals surface area contributed by atoms with Crippen LogP contribution >= 0.6 is 0 Å². The van der Waals surface area contributed by atoms with E-state index in [-0.39, 0.29) is 42.9 Å². The molecule has 5 rings (SSSR count). The third-order valence-corrected chi connectivity index (χ3v) is 8.35. The second-order valence-corrected chi connectivity index (χ2v) is 10.3. The van der Waals surface area contributed by atoms with Crippen molar-refractivity contribution in [3.05, 3.63) is 28.8 Å². The molecule has 0 spiro atoms. The van der Waals surface area contributed by atoms with Gasteiger partial charge in [0.1, 0.15) is 5.75 Å². The molecule has 37 heavy (non-hydrogen) atoms. The molecule has 3 fully saturated rings. The maximum Gasteiger partial charge on any atom is 0.235 e. The van der Waals surface area contributed by atoms with Crippen LogP contribution in [0.1, 0.15) is 40.7 Å².